The van der Waals surface area contributed by atoms with Crippen molar-refractivity contribution < 1.29 is 14.3 Å². The van der Waals surface area contributed by atoms with E-state index in [4.69, 9.17) is 10.5 Å². The van der Waals surface area contributed by atoms with Crippen molar-refractivity contribution in [1.82, 2.24) is 10.2 Å². The van der Waals surface area contributed by atoms with E-state index < -0.39 is 6.10 Å². The van der Waals surface area contributed by atoms with Crippen molar-refractivity contribution in [3.05, 3.63) is 35.4 Å². The van der Waals surface area contributed by atoms with Gasteiger partial charge in [0.25, 0.3) is 5.91 Å². The fourth-order valence-electron chi connectivity index (χ4n) is 5.08. The average molecular weight is 400 g/mol. The van der Waals surface area contributed by atoms with E-state index >= 15 is 0 Å². The van der Waals surface area contributed by atoms with Gasteiger partial charge in [0.2, 0.25) is 5.91 Å². The third-order valence-corrected chi connectivity index (χ3v) is 7.12. The fourth-order valence-corrected chi connectivity index (χ4v) is 5.08. The van der Waals surface area contributed by atoms with Gasteiger partial charge in [-0.2, -0.15) is 0 Å². The van der Waals surface area contributed by atoms with Crippen molar-refractivity contribution in [1.29, 1.82) is 0 Å². The van der Waals surface area contributed by atoms with Gasteiger partial charge in [-0.05, 0) is 95.1 Å². The summed E-state index contributed by atoms with van der Waals surface area (Å²) in [6.45, 7) is 1.09. The van der Waals surface area contributed by atoms with Crippen LogP contribution in [-0.4, -0.2) is 55.1 Å². The first kappa shape index (κ1) is 20.4. The van der Waals surface area contributed by atoms with Crippen molar-refractivity contribution in [3.8, 4) is 0 Å². The Labute approximate surface area is 173 Å². The number of nitrogens with zero attached hydrogens (tertiary/aromatic N) is 1. The van der Waals surface area contributed by atoms with E-state index in [1.54, 1.807) is 0 Å². The fraction of sp³-hybridized carbons (Fsp3) is 0.652. The Bertz CT molecular complexity index is 772. The highest BCUT2D eigenvalue weighted by atomic mass is 16.5. The molecule has 1 spiro atoms. The van der Waals surface area contributed by atoms with Crippen LogP contribution in [0, 0.1) is 0 Å². The Balaban J connectivity index is 1.32. The molecule has 0 bridgehead atoms. The van der Waals surface area contributed by atoms with Gasteiger partial charge in [-0.3, -0.25) is 9.59 Å². The quantitative estimate of drug-likeness (QED) is 0.737. The molecule has 3 atom stereocenters. The standard InChI is InChI=1S/C23H33N3O3/c1-26(2)14-13-22(11-12-22)17-5-3-16(4-6-17)21(28)25-18-7-9-23(15-18)10-8-19(29-23)20(24)27/h3-6,18-19H,7-15H2,1-2H3,(H2,24,27)(H,25,28). The number of hydrogen-bond acceptors (Lipinski definition) is 4. The minimum atomic E-state index is -0.473. The molecule has 1 saturated heterocycles. The number of rotatable bonds is 7. The molecule has 2 aliphatic carbocycles. The van der Waals surface area contributed by atoms with Crippen LogP contribution in [0.15, 0.2) is 24.3 Å². The Morgan fingerprint density at radius 2 is 1.83 bits per heavy atom. The second-order valence-corrected chi connectivity index (χ2v) is 9.55. The van der Waals surface area contributed by atoms with Crippen LogP contribution in [0.25, 0.3) is 0 Å². The summed E-state index contributed by atoms with van der Waals surface area (Å²) < 4.78 is 5.96. The number of ether oxygens (including phenoxy) is 1. The number of benzene rings is 1. The van der Waals surface area contributed by atoms with E-state index in [1.807, 2.05) is 12.1 Å². The Morgan fingerprint density at radius 3 is 2.41 bits per heavy atom. The third kappa shape index (κ3) is 4.33. The second-order valence-electron chi connectivity index (χ2n) is 9.55. The lowest BCUT2D eigenvalue weighted by Crippen LogP contribution is -2.37. The molecule has 0 aromatic heterocycles. The molecule has 3 unspecified atom stereocenters. The molecule has 4 rings (SSSR count). The van der Waals surface area contributed by atoms with Crippen LogP contribution < -0.4 is 11.1 Å². The highest BCUT2D eigenvalue weighted by Gasteiger charge is 2.47. The minimum Gasteiger partial charge on any atom is -0.367 e. The molecule has 3 aliphatic rings. The molecule has 6 heteroatoms. The lowest BCUT2D eigenvalue weighted by atomic mass is 9.91. The molecule has 1 aromatic rings. The molecule has 1 aromatic carbocycles. The molecule has 1 aliphatic heterocycles. The van der Waals surface area contributed by atoms with E-state index in [-0.39, 0.29) is 23.5 Å². The molecule has 3 N–H and O–H groups in total. The zero-order valence-electron chi connectivity index (χ0n) is 17.6. The number of carbonyl (C=O) groups is 2. The third-order valence-electron chi connectivity index (χ3n) is 7.12. The van der Waals surface area contributed by atoms with E-state index in [9.17, 15) is 9.59 Å². The summed E-state index contributed by atoms with van der Waals surface area (Å²) in [6, 6.07) is 8.26. The van der Waals surface area contributed by atoms with Crippen molar-refractivity contribution in [2.45, 2.75) is 74.5 Å². The van der Waals surface area contributed by atoms with Crippen LogP contribution in [0.5, 0.6) is 0 Å². The van der Waals surface area contributed by atoms with Gasteiger partial charge in [0, 0.05) is 11.6 Å². The summed E-state index contributed by atoms with van der Waals surface area (Å²) in [4.78, 5) is 26.4. The summed E-state index contributed by atoms with van der Waals surface area (Å²) in [7, 11) is 4.22. The van der Waals surface area contributed by atoms with Crippen LogP contribution in [0.2, 0.25) is 0 Å². The summed E-state index contributed by atoms with van der Waals surface area (Å²) in [5.74, 6) is -0.408. The van der Waals surface area contributed by atoms with Crippen molar-refractivity contribution in [2.75, 3.05) is 20.6 Å². The maximum atomic E-state index is 12.7. The molecule has 29 heavy (non-hydrogen) atoms. The van der Waals surface area contributed by atoms with E-state index in [0.717, 1.165) is 32.2 Å². The normalized spacial score (nSPS) is 30.0. The summed E-state index contributed by atoms with van der Waals surface area (Å²) in [5, 5.41) is 3.16. The first-order valence-corrected chi connectivity index (χ1v) is 10.8. The predicted octanol–water partition coefficient (Wildman–Crippen LogP) is 2.36. The zero-order chi connectivity index (χ0) is 20.6. The molecular formula is C23H33N3O3. The van der Waals surface area contributed by atoms with Gasteiger partial charge in [-0.15, -0.1) is 0 Å². The maximum absolute atomic E-state index is 12.7. The Morgan fingerprint density at radius 1 is 1.14 bits per heavy atom. The van der Waals surface area contributed by atoms with Gasteiger partial charge in [0.1, 0.15) is 6.10 Å². The predicted molar refractivity (Wildman–Crippen MR) is 112 cm³/mol. The molecule has 6 nitrogen and oxygen atoms in total. The molecule has 2 saturated carbocycles. The van der Waals surface area contributed by atoms with Crippen LogP contribution in [0.3, 0.4) is 0 Å². The Kier molecular flexibility index (Phi) is 5.42. The summed E-state index contributed by atoms with van der Waals surface area (Å²) in [6.07, 6.45) is 7.21. The molecule has 3 fully saturated rings. The largest absolute Gasteiger partial charge is 0.367 e. The van der Waals surface area contributed by atoms with Crippen LogP contribution in [0.1, 0.15) is 67.3 Å². The average Bonchev–Trinajstić information content (AvgIpc) is 3.22. The van der Waals surface area contributed by atoms with Crippen LogP contribution >= 0.6 is 0 Å². The first-order valence-electron chi connectivity index (χ1n) is 10.8. The minimum absolute atomic E-state index is 0.0267. The maximum Gasteiger partial charge on any atom is 0.251 e. The van der Waals surface area contributed by atoms with Crippen molar-refractivity contribution in [2.24, 2.45) is 5.73 Å². The molecule has 0 radical (unpaired) electrons. The number of nitrogens with two attached hydrogens (primary N) is 1. The SMILES string of the molecule is CN(C)CCC1(c2ccc(C(=O)NC3CCC4(CCC(C(N)=O)O4)C3)cc2)CC1. The Hall–Kier alpha value is -1.92. The van der Waals surface area contributed by atoms with Gasteiger partial charge in [0.05, 0.1) is 5.60 Å². The lowest BCUT2D eigenvalue weighted by Gasteiger charge is -2.24. The van der Waals surface area contributed by atoms with E-state index in [2.05, 4.69) is 36.4 Å². The smallest absolute Gasteiger partial charge is 0.251 e. The number of amides is 2. The molecular weight excluding hydrogens is 366 g/mol. The van der Waals surface area contributed by atoms with Crippen LogP contribution in [-0.2, 0) is 14.9 Å². The monoisotopic (exact) mass is 399 g/mol. The summed E-state index contributed by atoms with van der Waals surface area (Å²) >= 11 is 0. The molecule has 158 valence electrons. The van der Waals surface area contributed by atoms with E-state index in [1.165, 1.54) is 24.8 Å². The number of hydrogen-bond donors (Lipinski definition) is 2. The van der Waals surface area contributed by atoms with Gasteiger partial charge in [-0.1, -0.05) is 12.1 Å². The number of primary amides is 1. The highest BCUT2D eigenvalue weighted by molar-refractivity contribution is 5.94. The zero-order valence-corrected chi connectivity index (χ0v) is 17.6. The number of carbonyl (C=O) groups excluding carboxylic acids is 2. The summed E-state index contributed by atoms with van der Waals surface area (Å²) in [5.41, 5.74) is 7.48. The lowest BCUT2D eigenvalue weighted by molar-refractivity contribution is -0.133. The van der Waals surface area contributed by atoms with Crippen LogP contribution in [0.4, 0.5) is 0 Å². The van der Waals surface area contributed by atoms with Gasteiger partial charge < -0.3 is 20.7 Å². The van der Waals surface area contributed by atoms with Crippen molar-refractivity contribution in [3.63, 3.8) is 0 Å². The molecule has 2 amide bonds. The highest BCUT2D eigenvalue weighted by Crippen LogP contribution is 2.51. The molecule has 1 heterocycles. The van der Waals surface area contributed by atoms with Crippen molar-refractivity contribution >= 4 is 11.8 Å². The second kappa shape index (κ2) is 7.73. The van der Waals surface area contributed by atoms with E-state index in [0.29, 0.717) is 17.4 Å². The number of nitrogens with one attached hydrogen (secondary N) is 1. The van der Waals surface area contributed by atoms with Gasteiger partial charge >= 0.3 is 0 Å². The van der Waals surface area contributed by atoms with Gasteiger partial charge in [0.15, 0.2) is 0 Å². The first-order chi connectivity index (χ1) is 13.8. The topological polar surface area (TPSA) is 84.7 Å². The van der Waals surface area contributed by atoms with Gasteiger partial charge in [-0.25, -0.2) is 0 Å².